The number of hydrogen-bond donors (Lipinski definition) is 3. The van der Waals surface area contributed by atoms with Crippen molar-refractivity contribution in [2.45, 2.75) is 30.8 Å². The van der Waals surface area contributed by atoms with E-state index in [1.807, 2.05) is 0 Å². The lowest BCUT2D eigenvalue weighted by molar-refractivity contribution is -0.206. The van der Waals surface area contributed by atoms with Gasteiger partial charge < -0.3 is 20.7 Å². The SMILES string of the molecule is O=C1NC[C@@H](C(=O)N[C@@H](c2ccc(F)c(Cl)c2F)[C@H]2CO[C@@H](C(F)(F)F)C2)N1. The molecule has 2 heterocycles. The van der Waals surface area contributed by atoms with Gasteiger partial charge in [0.15, 0.2) is 6.10 Å². The Morgan fingerprint density at radius 2 is 2.04 bits per heavy atom. The van der Waals surface area contributed by atoms with Gasteiger partial charge in [-0.3, -0.25) is 4.79 Å². The highest BCUT2D eigenvalue weighted by Gasteiger charge is 2.48. The maximum absolute atomic E-state index is 14.5. The van der Waals surface area contributed by atoms with E-state index in [-0.39, 0.29) is 12.1 Å². The molecule has 28 heavy (non-hydrogen) atoms. The highest BCUT2D eigenvalue weighted by Crippen LogP contribution is 2.40. The predicted octanol–water partition coefficient (Wildman–Crippen LogP) is 2.42. The summed E-state index contributed by atoms with van der Waals surface area (Å²) in [4.78, 5) is 23.6. The largest absolute Gasteiger partial charge is 0.414 e. The Labute approximate surface area is 160 Å². The minimum absolute atomic E-state index is 0.0453. The fraction of sp³-hybridized carbons (Fsp3) is 0.500. The van der Waals surface area contributed by atoms with Gasteiger partial charge in [-0.2, -0.15) is 13.2 Å². The van der Waals surface area contributed by atoms with Crippen LogP contribution in [0, 0.1) is 17.6 Å². The second kappa shape index (κ2) is 7.70. The number of amides is 3. The molecule has 0 spiro atoms. The minimum atomic E-state index is -4.62. The van der Waals surface area contributed by atoms with Crippen LogP contribution in [-0.4, -0.2) is 43.4 Å². The van der Waals surface area contributed by atoms with Gasteiger partial charge in [0.2, 0.25) is 5.91 Å². The molecule has 0 radical (unpaired) electrons. The number of benzene rings is 1. The highest BCUT2D eigenvalue weighted by atomic mass is 35.5. The topological polar surface area (TPSA) is 79.5 Å². The summed E-state index contributed by atoms with van der Waals surface area (Å²) in [7, 11) is 0. The fourth-order valence-electron chi connectivity index (χ4n) is 3.21. The van der Waals surface area contributed by atoms with Crippen molar-refractivity contribution in [1.82, 2.24) is 16.0 Å². The van der Waals surface area contributed by atoms with Gasteiger partial charge in [-0.15, -0.1) is 0 Å². The van der Waals surface area contributed by atoms with Crippen molar-refractivity contribution in [2.24, 2.45) is 5.92 Å². The van der Waals surface area contributed by atoms with Crippen molar-refractivity contribution in [1.29, 1.82) is 0 Å². The van der Waals surface area contributed by atoms with Crippen LogP contribution in [0.15, 0.2) is 12.1 Å². The minimum Gasteiger partial charge on any atom is -0.368 e. The van der Waals surface area contributed by atoms with E-state index in [2.05, 4.69) is 16.0 Å². The van der Waals surface area contributed by atoms with Crippen LogP contribution in [0.3, 0.4) is 0 Å². The molecule has 2 aliphatic rings. The number of ether oxygens (including phenoxy) is 1. The van der Waals surface area contributed by atoms with E-state index in [0.29, 0.717) is 0 Å². The van der Waals surface area contributed by atoms with Crippen LogP contribution in [-0.2, 0) is 9.53 Å². The molecule has 3 N–H and O–H groups in total. The smallest absolute Gasteiger partial charge is 0.368 e. The van der Waals surface area contributed by atoms with Gasteiger partial charge in [0.1, 0.15) is 22.7 Å². The van der Waals surface area contributed by atoms with E-state index in [9.17, 15) is 31.5 Å². The van der Waals surface area contributed by atoms with Crippen LogP contribution < -0.4 is 16.0 Å². The molecule has 3 amide bonds. The number of urea groups is 1. The first-order valence-corrected chi connectivity index (χ1v) is 8.62. The second-order valence-electron chi connectivity index (χ2n) is 6.52. The highest BCUT2D eigenvalue weighted by molar-refractivity contribution is 6.31. The second-order valence-corrected chi connectivity index (χ2v) is 6.90. The predicted molar refractivity (Wildman–Crippen MR) is 86.5 cm³/mol. The Morgan fingerprint density at radius 3 is 2.61 bits per heavy atom. The number of halogens is 6. The maximum atomic E-state index is 14.5. The molecule has 0 unspecified atom stereocenters. The molecule has 1 aromatic carbocycles. The van der Waals surface area contributed by atoms with Gasteiger partial charge >= 0.3 is 12.2 Å². The monoisotopic (exact) mass is 427 g/mol. The molecular weight excluding hydrogens is 413 g/mol. The number of alkyl halides is 3. The van der Waals surface area contributed by atoms with E-state index in [4.69, 9.17) is 16.3 Å². The average Bonchev–Trinajstić information content (AvgIpc) is 3.27. The van der Waals surface area contributed by atoms with Crippen molar-refractivity contribution in [3.8, 4) is 0 Å². The van der Waals surface area contributed by atoms with Crippen molar-refractivity contribution < 1.29 is 36.3 Å². The normalized spacial score (nSPS) is 25.9. The van der Waals surface area contributed by atoms with Crippen LogP contribution in [0.2, 0.25) is 5.02 Å². The van der Waals surface area contributed by atoms with Crippen LogP contribution in [0.5, 0.6) is 0 Å². The molecule has 4 atom stereocenters. The molecule has 2 fully saturated rings. The van der Waals surface area contributed by atoms with Gasteiger partial charge in [0.05, 0.1) is 12.6 Å². The number of carbonyl (C=O) groups excluding carboxylic acids is 2. The third kappa shape index (κ3) is 4.14. The Kier molecular flexibility index (Phi) is 5.67. The Hall–Kier alpha value is -2.14. The fourth-order valence-corrected chi connectivity index (χ4v) is 3.38. The summed E-state index contributed by atoms with van der Waals surface area (Å²) in [5.74, 6) is -3.91. The molecule has 1 aromatic rings. The van der Waals surface area contributed by atoms with Crippen LogP contribution >= 0.6 is 11.6 Å². The van der Waals surface area contributed by atoms with E-state index in [1.54, 1.807) is 0 Å². The lowest BCUT2D eigenvalue weighted by Gasteiger charge is -2.26. The lowest BCUT2D eigenvalue weighted by atomic mass is 9.90. The standard InChI is InChI=1S/C16H15ClF5N3O3/c17-11-8(18)2-1-7(12(11)19)13(6-3-10(28-5-6)16(20,21)22)25-14(26)9-4-23-15(27)24-9/h1-2,6,9-10,13H,3-5H2,(H,25,26)(H2,23,24,27)/t6-,9+,10-,13-/m1/s1. The quantitative estimate of drug-likeness (QED) is 0.510. The van der Waals surface area contributed by atoms with Crippen molar-refractivity contribution in [3.05, 3.63) is 34.4 Å². The summed E-state index contributed by atoms with van der Waals surface area (Å²) >= 11 is 5.58. The van der Waals surface area contributed by atoms with Crippen LogP contribution in [0.4, 0.5) is 26.7 Å². The van der Waals surface area contributed by atoms with E-state index in [1.165, 1.54) is 0 Å². The molecule has 2 saturated heterocycles. The summed E-state index contributed by atoms with van der Waals surface area (Å²) in [6.07, 6.45) is -7.21. The Morgan fingerprint density at radius 1 is 1.32 bits per heavy atom. The third-order valence-electron chi connectivity index (χ3n) is 4.65. The van der Waals surface area contributed by atoms with Crippen molar-refractivity contribution >= 4 is 23.5 Å². The zero-order chi connectivity index (χ0) is 20.6. The summed E-state index contributed by atoms with van der Waals surface area (Å²) in [5.41, 5.74) is -0.270. The van der Waals surface area contributed by atoms with Gasteiger partial charge in [-0.1, -0.05) is 17.7 Å². The summed E-state index contributed by atoms with van der Waals surface area (Å²) in [6.45, 7) is -0.449. The number of nitrogens with one attached hydrogen (secondary N) is 3. The Bertz CT molecular complexity index is 792. The lowest BCUT2D eigenvalue weighted by Crippen LogP contribution is -2.46. The third-order valence-corrected chi connectivity index (χ3v) is 5.00. The average molecular weight is 428 g/mol. The molecule has 0 aromatic heterocycles. The summed E-state index contributed by atoms with van der Waals surface area (Å²) < 4.78 is 71.6. The van der Waals surface area contributed by atoms with Crippen LogP contribution in [0.25, 0.3) is 0 Å². The zero-order valence-electron chi connectivity index (χ0n) is 14.1. The van der Waals surface area contributed by atoms with Gasteiger partial charge in [0.25, 0.3) is 0 Å². The molecule has 0 aliphatic carbocycles. The molecule has 6 nitrogen and oxygen atoms in total. The number of carbonyl (C=O) groups is 2. The number of hydrogen-bond acceptors (Lipinski definition) is 3. The molecule has 0 saturated carbocycles. The molecule has 3 rings (SSSR count). The molecule has 154 valence electrons. The first-order chi connectivity index (χ1) is 13.1. The zero-order valence-corrected chi connectivity index (χ0v) is 14.8. The van der Waals surface area contributed by atoms with E-state index >= 15 is 0 Å². The maximum Gasteiger partial charge on any atom is 0.414 e. The van der Waals surface area contributed by atoms with Gasteiger partial charge in [-0.25, -0.2) is 13.6 Å². The van der Waals surface area contributed by atoms with E-state index in [0.717, 1.165) is 12.1 Å². The van der Waals surface area contributed by atoms with Gasteiger partial charge in [0, 0.05) is 18.0 Å². The van der Waals surface area contributed by atoms with Gasteiger partial charge in [-0.05, 0) is 12.5 Å². The summed E-state index contributed by atoms with van der Waals surface area (Å²) in [6, 6.07) is -0.983. The first-order valence-electron chi connectivity index (χ1n) is 8.24. The van der Waals surface area contributed by atoms with Crippen LogP contribution in [0.1, 0.15) is 18.0 Å². The molecular formula is C16H15ClF5N3O3. The van der Waals surface area contributed by atoms with E-state index < -0.39 is 71.9 Å². The molecule has 0 bridgehead atoms. The first kappa shape index (κ1) is 20.6. The van der Waals surface area contributed by atoms with Crippen molar-refractivity contribution in [3.63, 3.8) is 0 Å². The summed E-state index contributed by atoms with van der Waals surface area (Å²) in [5, 5.41) is 6.28. The molecule has 2 aliphatic heterocycles. The van der Waals surface area contributed by atoms with Crippen molar-refractivity contribution in [2.75, 3.05) is 13.2 Å². The number of rotatable bonds is 4. The Balaban J connectivity index is 1.88. The molecule has 12 heteroatoms.